The van der Waals surface area contributed by atoms with E-state index in [1.54, 1.807) is 24.3 Å². The predicted octanol–water partition coefficient (Wildman–Crippen LogP) is 6.48. The molecule has 4 aromatic rings. The minimum Gasteiger partial charge on any atom is -0.489 e. The van der Waals surface area contributed by atoms with Crippen LogP contribution in [0.4, 0.5) is 5.13 Å². The summed E-state index contributed by atoms with van der Waals surface area (Å²) in [4.78, 5) is 29.0. The van der Waals surface area contributed by atoms with E-state index in [2.05, 4.69) is 43.2 Å². The first kappa shape index (κ1) is 25.1. The number of hydrogen-bond donors (Lipinski definition) is 1. The van der Waals surface area contributed by atoms with Gasteiger partial charge in [-0.1, -0.05) is 75.4 Å². The van der Waals surface area contributed by atoms with Crippen molar-refractivity contribution in [3.8, 4) is 17.0 Å². The summed E-state index contributed by atoms with van der Waals surface area (Å²) < 4.78 is 11.0. The molecule has 4 rings (SSSR count). The predicted molar refractivity (Wildman–Crippen MR) is 142 cm³/mol. The standard InChI is InChI=1S/C29H28N2O4S/c1-29(2,3)23-13-15-24(16-14-23)34-17-20-9-11-22(12-10-20)27(33)35-18-26(32)31-28-30-25(19-36-28)21-7-5-4-6-8-21/h4-16,19H,17-18H2,1-3H3,(H,30,31,32). The lowest BCUT2D eigenvalue weighted by Gasteiger charge is -2.19. The van der Waals surface area contributed by atoms with Gasteiger partial charge in [0.25, 0.3) is 5.91 Å². The molecular formula is C29H28N2O4S. The maximum absolute atomic E-state index is 12.3. The number of esters is 1. The minimum absolute atomic E-state index is 0.0936. The Balaban J connectivity index is 1.23. The lowest BCUT2D eigenvalue weighted by molar-refractivity contribution is -0.119. The number of anilines is 1. The molecule has 1 heterocycles. The topological polar surface area (TPSA) is 77.5 Å². The third-order valence-corrected chi connectivity index (χ3v) is 6.23. The molecule has 3 aromatic carbocycles. The van der Waals surface area contributed by atoms with Gasteiger partial charge in [0.15, 0.2) is 11.7 Å². The van der Waals surface area contributed by atoms with Crippen LogP contribution in [0, 0.1) is 0 Å². The number of thiazole rings is 1. The second-order valence-electron chi connectivity index (χ2n) is 9.29. The second-order valence-corrected chi connectivity index (χ2v) is 10.1. The maximum Gasteiger partial charge on any atom is 0.338 e. The van der Waals surface area contributed by atoms with Crippen LogP contribution in [-0.4, -0.2) is 23.5 Å². The molecule has 36 heavy (non-hydrogen) atoms. The van der Waals surface area contributed by atoms with Gasteiger partial charge in [0.2, 0.25) is 0 Å². The summed E-state index contributed by atoms with van der Waals surface area (Å²) in [7, 11) is 0. The highest BCUT2D eigenvalue weighted by atomic mass is 32.1. The zero-order valence-electron chi connectivity index (χ0n) is 20.5. The largest absolute Gasteiger partial charge is 0.489 e. The SMILES string of the molecule is CC(C)(C)c1ccc(OCc2ccc(C(=O)OCC(=O)Nc3nc(-c4ccccc4)cs3)cc2)cc1. The third kappa shape index (κ3) is 6.79. The summed E-state index contributed by atoms with van der Waals surface area (Å²) in [5.41, 5.74) is 4.36. The van der Waals surface area contributed by atoms with E-state index < -0.39 is 18.5 Å². The molecule has 7 heteroatoms. The Morgan fingerprint density at radius 3 is 2.28 bits per heavy atom. The van der Waals surface area contributed by atoms with Crippen LogP contribution in [0.1, 0.15) is 42.3 Å². The number of nitrogens with zero attached hydrogens (tertiary/aromatic N) is 1. The van der Waals surface area contributed by atoms with Gasteiger partial charge in [-0.3, -0.25) is 10.1 Å². The Kier molecular flexibility index (Phi) is 7.80. The van der Waals surface area contributed by atoms with Gasteiger partial charge in [0.05, 0.1) is 11.3 Å². The molecule has 0 aliphatic rings. The zero-order valence-corrected chi connectivity index (χ0v) is 21.3. The average molecular weight is 501 g/mol. The number of aromatic nitrogens is 1. The van der Waals surface area contributed by atoms with Crippen molar-refractivity contribution < 1.29 is 19.1 Å². The molecule has 0 radical (unpaired) electrons. The summed E-state index contributed by atoms with van der Waals surface area (Å²) in [5, 5.41) is 4.98. The Hall–Kier alpha value is -3.97. The zero-order chi connectivity index (χ0) is 25.5. The van der Waals surface area contributed by atoms with Gasteiger partial charge < -0.3 is 9.47 Å². The van der Waals surface area contributed by atoms with Crippen LogP contribution in [0.2, 0.25) is 0 Å². The van der Waals surface area contributed by atoms with E-state index in [1.165, 1.54) is 16.9 Å². The van der Waals surface area contributed by atoms with E-state index >= 15 is 0 Å². The summed E-state index contributed by atoms with van der Waals surface area (Å²) >= 11 is 1.31. The number of hydrogen-bond acceptors (Lipinski definition) is 6. The number of rotatable bonds is 8. The molecule has 0 unspecified atom stereocenters. The van der Waals surface area contributed by atoms with Crippen molar-refractivity contribution >= 4 is 28.3 Å². The highest BCUT2D eigenvalue weighted by molar-refractivity contribution is 7.14. The van der Waals surface area contributed by atoms with Crippen LogP contribution in [0.15, 0.2) is 84.2 Å². The molecule has 0 fully saturated rings. The number of amides is 1. The molecule has 0 aliphatic carbocycles. The summed E-state index contributed by atoms with van der Waals surface area (Å²) in [6.45, 7) is 6.50. The Labute approximate surface area is 214 Å². The molecule has 0 saturated carbocycles. The first-order valence-corrected chi connectivity index (χ1v) is 12.5. The lowest BCUT2D eigenvalue weighted by atomic mass is 9.87. The van der Waals surface area contributed by atoms with Crippen LogP contribution in [0.5, 0.6) is 5.75 Å². The van der Waals surface area contributed by atoms with E-state index in [1.807, 2.05) is 47.8 Å². The number of ether oxygens (including phenoxy) is 2. The van der Waals surface area contributed by atoms with Gasteiger partial charge in [0, 0.05) is 10.9 Å². The quantitative estimate of drug-likeness (QED) is 0.280. The molecule has 1 aromatic heterocycles. The average Bonchev–Trinajstić information content (AvgIpc) is 3.35. The summed E-state index contributed by atoms with van der Waals surface area (Å²) in [6, 6.07) is 24.7. The van der Waals surface area contributed by atoms with Gasteiger partial charge in [0.1, 0.15) is 12.4 Å². The van der Waals surface area contributed by atoms with Crippen molar-refractivity contribution in [1.29, 1.82) is 0 Å². The fraction of sp³-hybridized carbons (Fsp3) is 0.207. The normalized spacial score (nSPS) is 11.1. The monoisotopic (exact) mass is 500 g/mol. The molecule has 6 nitrogen and oxygen atoms in total. The smallest absolute Gasteiger partial charge is 0.338 e. The molecule has 0 spiro atoms. The Morgan fingerprint density at radius 1 is 0.917 bits per heavy atom. The number of carbonyl (C=O) groups excluding carboxylic acids is 2. The van der Waals surface area contributed by atoms with Crippen molar-refractivity contribution in [3.63, 3.8) is 0 Å². The van der Waals surface area contributed by atoms with Crippen molar-refractivity contribution in [1.82, 2.24) is 4.98 Å². The van der Waals surface area contributed by atoms with Gasteiger partial charge in [-0.25, -0.2) is 9.78 Å². The van der Waals surface area contributed by atoms with Crippen molar-refractivity contribution in [3.05, 3.63) is 101 Å². The highest BCUT2D eigenvalue weighted by Crippen LogP contribution is 2.25. The summed E-state index contributed by atoms with van der Waals surface area (Å²) in [6.07, 6.45) is 0. The third-order valence-electron chi connectivity index (χ3n) is 5.47. The van der Waals surface area contributed by atoms with E-state index in [0.29, 0.717) is 17.3 Å². The molecule has 1 N–H and O–H groups in total. The van der Waals surface area contributed by atoms with E-state index in [-0.39, 0.29) is 5.41 Å². The number of nitrogens with one attached hydrogen (secondary N) is 1. The first-order valence-electron chi connectivity index (χ1n) is 11.6. The van der Waals surface area contributed by atoms with Crippen molar-refractivity contribution in [2.75, 3.05) is 11.9 Å². The number of carbonyl (C=O) groups is 2. The molecule has 1 amide bonds. The van der Waals surface area contributed by atoms with E-state index in [4.69, 9.17) is 9.47 Å². The highest BCUT2D eigenvalue weighted by Gasteiger charge is 2.14. The summed E-state index contributed by atoms with van der Waals surface area (Å²) in [5.74, 6) is -0.229. The second kappa shape index (κ2) is 11.2. The van der Waals surface area contributed by atoms with Crippen LogP contribution in [-0.2, 0) is 21.6 Å². The molecular weight excluding hydrogens is 472 g/mol. The molecule has 0 atom stereocenters. The van der Waals surface area contributed by atoms with Gasteiger partial charge in [-0.05, 0) is 40.8 Å². The minimum atomic E-state index is -0.570. The first-order chi connectivity index (χ1) is 17.3. The van der Waals surface area contributed by atoms with E-state index in [9.17, 15) is 9.59 Å². The van der Waals surface area contributed by atoms with Gasteiger partial charge >= 0.3 is 5.97 Å². The maximum atomic E-state index is 12.3. The molecule has 184 valence electrons. The van der Waals surface area contributed by atoms with Crippen LogP contribution < -0.4 is 10.1 Å². The fourth-order valence-corrected chi connectivity index (χ4v) is 4.13. The molecule has 0 aliphatic heterocycles. The Bertz CT molecular complexity index is 1310. The van der Waals surface area contributed by atoms with Crippen LogP contribution in [0.3, 0.4) is 0 Å². The van der Waals surface area contributed by atoms with Crippen molar-refractivity contribution in [2.45, 2.75) is 32.8 Å². The van der Waals surface area contributed by atoms with Gasteiger partial charge in [-0.15, -0.1) is 11.3 Å². The fourth-order valence-electron chi connectivity index (χ4n) is 3.40. The Morgan fingerprint density at radius 2 is 1.61 bits per heavy atom. The molecule has 0 saturated heterocycles. The van der Waals surface area contributed by atoms with Crippen LogP contribution >= 0.6 is 11.3 Å². The van der Waals surface area contributed by atoms with Crippen molar-refractivity contribution in [2.24, 2.45) is 0 Å². The van der Waals surface area contributed by atoms with Crippen LogP contribution in [0.25, 0.3) is 11.3 Å². The van der Waals surface area contributed by atoms with E-state index in [0.717, 1.165) is 22.6 Å². The molecule has 0 bridgehead atoms. The lowest BCUT2D eigenvalue weighted by Crippen LogP contribution is -2.20. The van der Waals surface area contributed by atoms with Gasteiger partial charge in [-0.2, -0.15) is 0 Å². The number of benzene rings is 3.